The van der Waals surface area contributed by atoms with Crippen molar-refractivity contribution in [1.29, 1.82) is 0 Å². The second kappa shape index (κ2) is 6.24. The van der Waals surface area contributed by atoms with Gasteiger partial charge in [-0.15, -0.1) is 0 Å². The molecule has 1 atom stereocenters. The van der Waals surface area contributed by atoms with Crippen LogP contribution in [0.3, 0.4) is 0 Å². The van der Waals surface area contributed by atoms with E-state index < -0.39 is 11.7 Å². The Kier molecular flexibility index (Phi) is 5.96. The third-order valence-electron chi connectivity index (χ3n) is 2.46. The summed E-state index contributed by atoms with van der Waals surface area (Å²) in [4.78, 5) is 10.8. The number of amides is 1. The fraction of sp³-hybridized carbons (Fsp3) is 0.923. The largest absolute Gasteiger partial charge is 0.444 e. The lowest BCUT2D eigenvalue weighted by Gasteiger charge is -2.32. The van der Waals surface area contributed by atoms with Gasteiger partial charge in [-0.2, -0.15) is 0 Å². The van der Waals surface area contributed by atoms with Crippen LogP contribution in [0, 0.1) is 11.3 Å². The summed E-state index contributed by atoms with van der Waals surface area (Å²) in [6.45, 7) is 11.0. The maximum atomic E-state index is 10.8. The Morgan fingerprint density at radius 2 is 1.71 bits per heavy atom. The summed E-state index contributed by atoms with van der Waals surface area (Å²) in [7, 11) is 1.69. The van der Waals surface area contributed by atoms with E-state index in [4.69, 9.17) is 15.2 Å². The van der Waals surface area contributed by atoms with Crippen molar-refractivity contribution in [2.24, 2.45) is 17.1 Å². The van der Waals surface area contributed by atoms with Crippen molar-refractivity contribution in [3.8, 4) is 0 Å². The molecule has 1 unspecified atom stereocenters. The summed E-state index contributed by atoms with van der Waals surface area (Å²) in [5.74, 6) is 0.356. The second-order valence-corrected chi connectivity index (χ2v) is 6.47. The Hall–Kier alpha value is -0.770. The van der Waals surface area contributed by atoms with Crippen molar-refractivity contribution in [3.05, 3.63) is 0 Å². The number of carbonyl (C=O) groups is 1. The normalized spacial score (nSPS) is 14.5. The molecule has 0 saturated heterocycles. The molecule has 17 heavy (non-hydrogen) atoms. The van der Waals surface area contributed by atoms with Crippen LogP contribution >= 0.6 is 0 Å². The van der Waals surface area contributed by atoms with Gasteiger partial charge in [0.05, 0.1) is 0 Å². The molecule has 0 fully saturated rings. The number of primary amides is 1. The summed E-state index contributed by atoms with van der Waals surface area (Å²) in [5.41, 5.74) is 4.75. The van der Waals surface area contributed by atoms with Gasteiger partial charge in [-0.3, -0.25) is 0 Å². The molecule has 0 aliphatic rings. The summed E-state index contributed by atoms with van der Waals surface area (Å²) in [6.07, 6.45) is 1.05. The molecule has 0 aromatic rings. The second-order valence-electron chi connectivity index (χ2n) is 6.47. The van der Waals surface area contributed by atoms with Gasteiger partial charge in [0.1, 0.15) is 5.60 Å². The zero-order valence-corrected chi connectivity index (χ0v) is 12.0. The van der Waals surface area contributed by atoms with E-state index in [1.165, 1.54) is 0 Å². The van der Waals surface area contributed by atoms with Gasteiger partial charge in [0.25, 0.3) is 0 Å². The average molecular weight is 245 g/mol. The Balaban J connectivity index is 4.47. The molecule has 0 aromatic heterocycles. The van der Waals surface area contributed by atoms with Gasteiger partial charge in [0, 0.05) is 13.7 Å². The van der Waals surface area contributed by atoms with Crippen molar-refractivity contribution in [2.45, 2.75) is 53.1 Å². The molecule has 0 spiro atoms. The van der Waals surface area contributed by atoms with Crippen LogP contribution in [0.4, 0.5) is 4.79 Å². The Morgan fingerprint density at radius 3 is 2.06 bits per heavy atom. The Morgan fingerprint density at radius 1 is 1.18 bits per heavy atom. The molecule has 2 N–H and O–H groups in total. The number of methoxy groups -OCH3 is 1. The van der Waals surface area contributed by atoms with E-state index in [0.717, 1.165) is 12.8 Å². The molecule has 4 nitrogen and oxygen atoms in total. The topological polar surface area (TPSA) is 61.6 Å². The fourth-order valence-electron chi connectivity index (χ4n) is 2.30. The lowest BCUT2D eigenvalue weighted by molar-refractivity contribution is 0.00678. The zero-order chi connectivity index (χ0) is 13.7. The van der Waals surface area contributed by atoms with Crippen molar-refractivity contribution in [2.75, 3.05) is 13.7 Å². The van der Waals surface area contributed by atoms with Crippen LogP contribution in [0.25, 0.3) is 0 Å². The number of rotatable bonds is 6. The van der Waals surface area contributed by atoms with E-state index >= 15 is 0 Å². The summed E-state index contributed by atoms with van der Waals surface area (Å²) in [6, 6.07) is 0. The minimum absolute atomic E-state index is 0.228. The number of ether oxygens (including phenoxy) is 2. The summed E-state index contributed by atoms with van der Waals surface area (Å²) in [5, 5.41) is 0. The smallest absolute Gasteiger partial charge is 0.405 e. The van der Waals surface area contributed by atoms with E-state index in [0.29, 0.717) is 12.5 Å². The molecule has 0 saturated carbocycles. The molecule has 0 aliphatic carbocycles. The first kappa shape index (κ1) is 16.2. The van der Waals surface area contributed by atoms with Gasteiger partial charge in [-0.1, -0.05) is 20.8 Å². The van der Waals surface area contributed by atoms with Crippen LogP contribution in [-0.4, -0.2) is 25.4 Å². The highest BCUT2D eigenvalue weighted by Gasteiger charge is 2.29. The Labute approximate surface area is 105 Å². The third-order valence-corrected chi connectivity index (χ3v) is 2.46. The molecule has 0 radical (unpaired) electrons. The highest BCUT2D eigenvalue weighted by Crippen LogP contribution is 2.31. The zero-order valence-electron chi connectivity index (χ0n) is 12.0. The van der Waals surface area contributed by atoms with Crippen LogP contribution in [0.5, 0.6) is 0 Å². The van der Waals surface area contributed by atoms with Gasteiger partial charge in [0.2, 0.25) is 0 Å². The van der Waals surface area contributed by atoms with Gasteiger partial charge in [0.15, 0.2) is 0 Å². The predicted molar refractivity (Wildman–Crippen MR) is 68.8 cm³/mol. The molecule has 102 valence electrons. The van der Waals surface area contributed by atoms with Crippen LogP contribution in [0.2, 0.25) is 0 Å². The SMILES string of the molecule is COCC(CC(C)(C)C)CC(C)(C)OC(N)=O. The molecule has 0 aliphatic heterocycles. The summed E-state index contributed by atoms with van der Waals surface area (Å²) >= 11 is 0. The van der Waals surface area contributed by atoms with E-state index in [9.17, 15) is 4.79 Å². The third kappa shape index (κ3) is 8.98. The van der Waals surface area contributed by atoms with Gasteiger partial charge < -0.3 is 15.2 Å². The minimum Gasteiger partial charge on any atom is -0.444 e. The van der Waals surface area contributed by atoms with Crippen LogP contribution in [-0.2, 0) is 9.47 Å². The standard InChI is InChI=1S/C13H27NO3/c1-12(2,3)7-10(9-16-6)8-13(4,5)17-11(14)15/h10H,7-9H2,1-6H3,(H2,14,15). The molecule has 0 aromatic carbocycles. The van der Waals surface area contributed by atoms with Crippen LogP contribution in [0.15, 0.2) is 0 Å². The fourth-order valence-corrected chi connectivity index (χ4v) is 2.30. The summed E-state index contributed by atoms with van der Waals surface area (Å²) < 4.78 is 10.3. The number of hydrogen-bond donors (Lipinski definition) is 1. The van der Waals surface area contributed by atoms with Crippen LogP contribution < -0.4 is 5.73 Å². The maximum Gasteiger partial charge on any atom is 0.405 e. The molecule has 0 bridgehead atoms. The average Bonchev–Trinajstić information content (AvgIpc) is 1.95. The van der Waals surface area contributed by atoms with Crippen molar-refractivity contribution < 1.29 is 14.3 Å². The quantitative estimate of drug-likeness (QED) is 0.782. The Bertz CT molecular complexity index is 244. The monoisotopic (exact) mass is 245 g/mol. The van der Waals surface area contributed by atoms with Gasteiger partial charge in [-0.25, -0.2) is 4.79 Å². The number of hydrogen-bond acceptors (Lipinski definition) is 3. The molecule has 4 heteroatoms. The molecule has 1 amide bonds. The first-order chi connectivity index (χ1) is 7.56. The molecule has 0 rings (SSSR count). The molecular weight excluding hydrogens is 218 g/mol. The highest BCUT2D eigenvalue weighted by atomic mass is 16.6. The van der Waals surface area contributed by atoms with Crippen LogP contribution in [0.1, 0.15) is 47.5 Å². The maximum absolute atomic E-state index is 10.8. The first-order valence-electron chi connectivity index (χ1n) is 6.03. The lowest BCUT2D eigenvalue weighted by Crippen LogP contribution is -2.35. The van der Waals surface area contributed by atoms with E-state index in [1.54, 1.807) is 7.11 Å². The van der Waals surface area contributed by atoms with E-state index in [2.05, 4.69) is 20.8 Å². The number of nitrogens with two attached hydrogens (primary N) is 1. The van der Waals surface area contributed by atoms with Gasteiger partial charge in [-0.05, 0) is 38.0 Å². The van der Waals surface area contributed by atoms with Crippen molar-refractivity contribution >= 4 is 6.09 Å². The number of carbonyl (C=O) groups excluding carboxylic acids is 1. The minimum atomic E-state index is -0.720. The first-order valence-corrected chi connectivity index (χ1v) is 6.03. The highest BCUT2D eigenvalue weighted by molar-refractivity contribution is 5.65. The molecule has 0 heterocycles. The van der Waals surface area contributed by atoms with Gasteiger partial charge >= 0.3 is 6.09 Å². The lowest BCUT2D eigenvalue weighted by atomic mass is 9.80. The van der Waals surface area contributed by atoms with E-state index in [1.807, 2.05) is 13.8 Å². The van der Waals surface area contributed by atoms with Crippen molar-refractivity contribution in [3.63, 3.8) is 0 Å². The van der Waals surface area contributed by atoms with E-state index in [-0.39, 0.29) is 5.41 Å². The van der Waals surface area contributed by atoms with Crippen molar-refractivity contribution in [1.82, 2.24) is 0 Å². The molecular formula is C13H27NO3. The predicted octanol–water partition coefficient (Wildman–Crippen LogP) is 2.95.